The van der Waals surface area contributed by atoms with Crippen molar-refractivity contribution >= 4 is 17.6 Å². The quantitative estimate of drug-likeness (QED) is 0.460. The summed E-state index contributed by atoms with van der Waals surface area (Å²) in [6.07, 6.45) is -4.41. The van der Waals surface area contributed by atoms with Gasteiger partial charge in [-0.05, 0) is 49.7 Å². The minimum absolute atomic E-state index is 0.0809. The minimum Gasteiger partial charge on any atom is -0.493 e. The van der Waals surface area contributed by atoms with E-state index in [-0.39, 0.29) is 23.3 Å². The third-order valence-corrected chi connectivity index (χ3v) is 4.66. The first-order valence-electron chi connectivity index (χ1n) is 9.50. The molecule has 2 atom stereocenters. The number of benzene rings is 2. The zero-order valence-corrected chi connectivity index (χ0v) is 17.8. The molecule has 0 amide bonds. The molecular weight excluding hydrogens is 433 g/mol. The lowest BCUT2D eigenvalue weighted by atomic mass is 9.96. The summed E-state index contributed by atoms with van der Waals surface area (Å²) in [7, 11) is 0. The van der Waals surface area contributed by atoms with Crippen molar-refractivity contribution in [1.29, 1.82) is 0 Å². The van der Waals surface area contributed by atoms with E-state index in [2.05, 4.69) is 11.8 Å². The highest BCUT2D eigenvalue weighted by molar-refractivity contribution is 6.32. The summed E-state index contributed by atoms with van der Waals surface area (Å²) in [6.45, 7) is 3.74. The van der Waals surface area contributed by atoms with E-state index in [0.29, 0.717) is 18.8 Å². The van der Waals surface area contributed by atoms with E-state index in [1.165, 1.54) is 6.07 Å². The van der Waals surface area contributed by atoms with Gasteiger partial charge in [0.05, 0.1) is 35.6 Å². The number of rotatable bonds is 9. The molecule has 0 fully saturated rings. The summed E-state index contributed by atoms with van der Waals surface area (Å²) in [5.41, 5.74) is -0.0439. The van der Waals surface area contributed by atoms with Gasteiger partial charge in [0.2, 0.25) is 0 Å². The van der Waals surface area contributed by atoms with Crippen molar-refractivity contribution in [3.63, 3.8) is 0 Å². The molecular formula is C23H22ClF3O4. The first kappa shape index (κ1) is 24.4. The number of ether oxygens (including phenoxy) is 2. The molecule has 0 saturated heterocycles. The highest BCUT2D eigenvalue weighted by Gasteiger charge is 2.31. The Morgan fingerprint density at radius 1 is 1.19 bits per heavy atom. The van der Waals surface area contributed by atoms with Gasteiger partial charge in [-0.15, -0.1) is 5.92 Å². The first-order valence-corrected chi connectivity index (χ1v) is 9.88. The molecule has 1 N–H and O–H groups in total. The Morgan fingerprint density at radius 2 is 1.87 bits per heavy atom. The van der Waals surface area contributed by atoms with Gasteiger partial charge in [0.1, 0.15) is 11.5 Å². The summed E-state index contributed by atoms with van der Waals surface area (Å²) < 4.78 is 49.4. The van der Waals surface area contributed by atoms with Crippen molar-refractivity contribution in [2.45, 2.75) is 44.9 Å². The maximum Gasteiger partial charge on any atom is 0.416 e. The smallest absolute Gasteiger partial charge is 0.416 e. The third-order valence-electron chi connectivity index (χ3n) is 4.36. The number of carboxylic acids is 1. The van der Waals surface area contributed by atoms with E-state index in [0.717, 1.165) is 17.7 Å². The van der Waals surface area contributed by atoms with E-state index in [4.69, 9.17) is 26.2 Å². The van der Waals surface area contributed by atoms with Gasteiger partial charge in [-0.3, -0.25) is 4.79 Å². The number of halogens is 4. The fourth-order valence-corrected chi connectivity index (χ4v) is 3.01. The fraction of sp³-hybridized carbons (Fsp3) is 0.348. The Bertz CT molecular complexity index is 946. The maximum atomic E-state index is 12.7. The van der Waals surface area contributed by atoms with Gasteiger partial charge in [0, 0.05) is 6.42 Å². The van der Waals surface area contributed by atoms with Gasteiger partial charge in [-0.2, -0.15) is 13.2 Å². The maximum absolute atomic E-state index is 12.7. The van der Waals surface area contributed by atoms with Crippen LogP contribution < -0.4 is 9.47 Å². The molecule has 166 valence electrons. The Morgan fingerprint density at radius 3 is 2.42 bits per heavy atom. The van der Waals surface area contributed by atoms with Crippen LogP contribution in [0.1, 0.15) is 43.7 Å². The Balaban J connectivity index is 1.87. The first-order chi connectivity index (χ1) is 14.6. The molecule has 2 rings (SSSR count). The van der Waals surface area contributed by atoms with Gasteiger partial charge in [0.15, 0.2) is 0 Å². The summed E-state index contributed by atoms with van der Waals surface area (Å²) in [5.74, 6) is 5.09. The zero-order valence-electron chi connectivity index (χ0n) is 17.0. The van der Waals surface area contributed by atoms with Crippen molar-refractivity contribution in [3.8, 4) is 23.3 Å². The summed E-state index contributed by atoms with van der Waals surface area (Å²) in [6, 6.07) is 9.98. The van der Waals surface area contributed by atoms with Crippen LogP contribution in [0, 0.1) is 11.8 Å². The van der Waals surface area contributed by atoms with E-state index in [1.807, 2.05) is 0 Å². The van der Waals surface area contributed by atoms with E-state index in [9.17, 15) is 18.0 Å². The molecule has 0 spiro atoms. The van der Waals surface area contributed by atoms with Crippen molar-refractivity contribution < 1.29 is 32.5 Å². The molecule has 0 bridgehead atoms. The second-order valence-corrected chi connectivity index (χ2v) is 7.23. The van der Waals surface area contributed by atoms with Crippen LogP contribution in [0.5, 0.6) is 11.5 Å². The Labute approximate surface area is 183 Å². The van der Waals surface area contributed by atoms with Crippen LogP contribution in [0.15, 0.2) is 42.5 Å². The van der Waals surface area contributed by atoms with E-state index < -0.39 is 23.6 Å². The van der Waals surface area contributed by atoms with Crippen LogP contribution in [0.25, 0.3) is 0 Å². The van der Waals surface area contributed by atoms with Crippen LogP contribution in [-0.2, 0) is 11.0 Å². The molecule has 0 aliphatic rings. The highest BCUT2D eigenvalue weighted by Crippen LogP contribution is 2.35. The number of aliphatic carboxylic acids is 1. The average molecular weight is 455 g/mol. The molecule has 8 heteroatoms. The number of carbonyl (C=O) groups is 1. The van der Waals surface area contributed by atoms with Crippen LogP contribution in [0.4, 0.5) is 13.2 Å². The number of hydrogen-bond donors (Lipinski definition) is 1. The molecule has 0 saturated carbocycles. The minimum atomic E-state index is -4.46. The predicted octanol–water partition coefficient (Wildman–Crippen LogP) is 6.18. The average Bonchev–Trinajstić information content (AvgIpc) is 2.68. The second kappa shape index (κ2) is 11.0. The predicted molar refractivity (Wildman–Crippen MR) is 112 cm³/mol. The monoisotopic (exact) mass is 454 g/mol. The summed E-state index contributed by atoms with van der Waals surface area (Å²) >= 11 is 5.90. The molecule has 0 aliphatic heterocycles. The summed E-state index contributed by atoms with van der Waals surface area (Å²) in [5, 5.41) is 8.90. The van der Waals surface area contributed by atoms with Crippen molar-refractivity contribution in [2.75, 3.05) is 6.61 Å². The lowest BCUT2D eigenvalue weighted by Crippen LogP contribution is -2.16. The zero-order chi connectivity index (χ0) is 23.0. The molecule has 2 unspecified atom stereocenters. The third kappa shape index (κ3) is 7.72. The standard InChI is InChI=1S/C23H22ClF3O4/c1-3-4-17(13-22(28)29)16-5-8-19(9-6-16)30-12-11-15(2)31-21-10-7-18(14-20(21)24)23(25,26)27/h5-10,14-15,17H,11-13H2,1-2H3,(H,28,29). The normalized spacial score (nSPS) is 13.0. The van der Waals surface area contributed by atoms with E-state index in [1.54, 1.807) is 38.1 Å². The molecule has 0 radical (unpaired) electrons. The number of alkyl halides is 3. The molecule has 31 heavy (non-hydrogen) atoms. The molecule has 0 aliphatic carbocycles. The van der Waals surface area contributed by atoms with Crippen LogP contribution in [0.3, 0.4) is 0 Å². The summed E-state index contributed by atoms with van der Waals surface area (Å²) in [4.78, 5) is 11.0. The van der Waals surface area contributed by atoms with Crippen LogP contribution in [0.2, 0.25) is 5.02 Å². The second-order valence-electron chi connectivity index (χ2n) is 6.82. The van der Waals surface area contributed by atoms with Gasteiger partial charge >= 0.3 is 12.1 Å². The van der Waals surface area contributed by atoms with Crippen molar-refractivity contribution in [2.24, 2.45) is 0 Å². The lowest BCUT2D eigenvalue weighted by Gasteiger charge is -2.17. The molecule has 0 heterocycles. The lowest BCUT2D eigenvalue weighted by molar-refractivity contribution is -0.138. The van der Waals surface area contributed by atoms with Gasteiger partial charge in [-0.1, -0.05) is 29.7 Å². The molecule has 4 nitrogen and oxygen atoms in total. The van der Waals surface area contributed by atoms with Crippen LogP contribution in [-0.4, -0.2) is 23.8 Å². The molecule has 2 aromatic carbocycles. The molecule has 2 aromatic rings. The number of hydrogen-bond acceptors (Lipinski definition) is 3. The Hall–Kier alpha value is -2.85. The SMILES string of the molecule is CC#CC(CC(=O)O)c1ccc(OCCC(C)Oc2ccc(C(F)(F)F)cc2Cl)cc1. The number of carboxylic acid groups (broad SMARTS) is 1. The van der Waals surface area contributed by atoms with Gasteiger partial charge in [0.25, 0.3) is 0 Å². The van der Waals surface area contributed by atoms with Crippen molar-refractivity contribution in [3.05, 3.63) is 58.6 Å². The largest absolute Gasteiger partial charge is 0.493 e. The molecule has 0 aromatic heterocycles. The van der Waals surface area contributed by atoms with Gasteiger partial charge in [-0.25, -0.2) is 0 Å². The van der Waals surface area contributed by atoms with Crippen LogP contribution >= 0.6 is 11.6 Å². The van der Waals surface area contributed by atoms with E-state index >= 15 is 0 Å². The van der Waals surface area contributed by atoms with Gasteiger partial charge < -0.3 is 14.6 Å². The highest BCUT2D eigenvalue weighted by atomic mass is 35.5. The topological polar surface area (TPSA) is 55.8 Å². The van der Waals surface area contributed by atoms with Crippen molar-refractivity contribution in [1.82, 2.24) is 0 Å². The Kier molecular flexibility index (Phi) is 8.64. The fourth-order valence-electron chi connectivity index (χ4n) is 2.79.